The molecule has 0 aliphatic carbocycles. The van der Waals surface area contributed by atoms with E-state index in [2.05, 4.69) is 0 Å². The lowest BCUT2D eigenvalue weighted by Gasteiger charge is -2.28. The normalized spacial score (nSPS) is 22.4. The van der Waals surface area contributed by atoms with E-state index in [4.69, 9.17) is 21.1 Å². The smallest absolute Gasteiger partial charge is 0.258 e. The van der Waals surface area contributed by atoms with Crippen molar-refractivity contribution in [3.63, 3.8) is 0 Å². The van der Waals surface area contributed by atoms with Gasteiger partial charge in [-0.3, -0.25) is 4.79 Å². The van der Waals surface area contributed by atoms with E-state index in [1.54, 1.807) is 11.0 Å². The fourth-order valence-electron chi connectivity index (χ4n) is 3.40. The van der Waals surface area contributed by atoms with Crippen molar-refractivity contribution in [2.24, 2.45) is 0 Å². The molecule has 2 aromatic carbocycles. The van der Waals surface area contributed by atoms with Crippen LogP contribution in [0.4, 0.5) is 0 Å². The third-order valence-electron chi connectivity index (χ3n) is 4.81. The van der Waals surface area contributed by atoms with Crippen LogP contribution in [0.1, 0.15) is 27.9 Å². The number of hydrogen-bond acceptors (Lipinski definition) is 4. The van der Waals surface area contributed by atoms with Crippen LogP contribution >= 0.6 is 11.6 Å². The van der Waals surface area contributed by atoms with Gasteiger partial charge in [0.15, 0.2) is 0 Å². The average Bonchev–Trinajstić information content (AvgIpc) is 2.96. The van der Waals surface area contributed by atoms with Crippen molar-refractivity contribution in [3.05, 3.63) is 64.2 Å². The Hall–Kier alpha value is -2.08. The van der Waals surface area contributed by atoms with Gasteiger partial charge in [0.25, 0.3) is 5.91 Å². The second-order valence-corrected chi connectivity index (χ2v) is 7.10. The van der Waals surface area contributed by atoms with Crippen LogP contribution in [0.2, 0.25) is 5.02 Å². The van der Waals surface area contributed by atoms with Gasteiger partial charge in [-0.2, -0.15) is 0 Å². The minimum atomic E-state index is -0.582. The van der Waals surface area contributed by atoms with E-state index in [0.717, 1.165) is 11.1 Å². The zero-order valence-corrected chi connectivity index (χ0v) is 15.0. The van der Waals surface area contributed by atoms with Gasteiger partial charge in [0.2, 0.25) is 0 Å². The molecule has 0 radical (unpaired) electrons. The summed E-state index contributed by atoms with van der Waals surface area (Å²) < 4.78 is 11.3. The molecule has 0 aromatic heterocycles. The van der Waals surface area contributed by atoms with Gasteiger partial charge in [-0.1, -0.05) is 35.9 Å². The number of halogens is 1. The summed E-state index contributed by atoms with van der Waals surface area (Å²) in [7, 11) is 0. The van der Waals surface area contributed by atoms with E-state index in [0.29, 0.717) is 49.1 Å². The quantitative estimate of drug-likeness (QED) is 0.895. The predicted octanol–water partition coefficient (Wildman–Crippen LogP) is 3.02. The molecule has 6 heteroatoms. The fourth-order valence-corrected chi connectivity index (χ4v) is 3.52. The lowest BCUT2D eigenvalue weighted by molar-refractivity contribution is -0.0736. The average molecular weight is 374 g/mol. The molecule has 1 fully saturated rings. The van der Waals surface area contributed by atoms with E-state index in [9.17, 15) is 9.90 Å². The summed E-state index contributed by atoms with van der Waals surface area (Å²) in [4.78, 5) is 14.7. The van der Waals surface area contributed by atoms with Crippen LogP contribution in [-0.4, -0.2) is 41.3 Å². The molecule has 5 nitrogen and oxygen atoms in total. The molecule has 26 heavy (non-hydrogen) atoms. The summed E-state index contributed by atoms with van der Waals surface area (Å²) in [5.41, 5.74) is 2.54. The molecule has 1 saturated heterocycles. The Balaban J connectivity index is 1.53. The first-order valence-corrected chi connectivity index (χ1v) is 9.07. The van der Waals surface area contributed by atoms with Crippen LogP contribution < -0.4 is 4.74 Å². The first-order chi connectivity index (χ1) is 12.6. The monoisotopic (exact) mass is 373 g/mol. The number of aliphatic hydroxyl groups excluding tert-OH is 1. The van der Waals surface area contributed by atoms with Gasteiger partial charge in [0.1, 0.15) is 11.9 Å². The SMILES string of the molecule is O=C1c2c(cccc2O[C@@H]2COCC[C@H]2O)CN1Cc1ccc(Cl)cc1. The topological polar surface area (TPSA) is 59.0 Å². The van der Waals surface area contributed by atoms with Gasteiger partial charge < -0.3 is 19.5 Å². The van der Waals surface area contributed by atoms with Gasteiger partial charge in [-0.15, -0.1) is 0 Å². The van der Waals surface area contributed by atoms with Crippen molar-refractivity contribution in [1.29, 1.82) is 0 Å². The second-order valence-electron chi connectivity index (χ2n) is 6.67. The molecule has 2 atom stereocenters. The zero-order valence-electron chi connectivity index (χ0n) is 14.2. The maximum Gasteiger partial charge on any atom is 0.258 e. The molecule has 2 aliphatic heterocycles. The number of benzene rings is 2. The number of hydrogen-bond donors (Lipinski definition) is 1. The summed E-state index contributed by atoms with van der Waals surface area (Å²) in [5, 5.41) is 10.8. The Bertz CT molecular complexity index is 808. The predicted molar refractivity (Wildman–Crippen MR) is 97.3 cm³/mol. The van der Waals surface area contributed by atoms with Crippen molar-refractivity contribution >= 4 is 17.5 Å². The fraction of sp³-hybridized carbons (Fsp3) is 0.350. The lowest BCUT2D eigenvalue weighted by Crippen LogP contribution is -2.41. The Morgan fingerprint density at radius 2 is 2.04 bits per heavy atom. The number of carbonyl (C=O) groups is 1. The molecule has 0 saturated carbocycles. The number of carbonyl (C=O) groups excluding carboxylic acids is 1. The number of rotatable bonds is 4. The van der Waals surface area contributed by atoms with Gasteiger partial charge in [-0.25, -0.2) is 0 Å². The van der Waals surface area contributed by atoms with E-state index in [1.807, 2.05) is 36.4 Å². The largest absolute Gasteiger partial charge is 0.484 e. The summed E-state index contributed by atoms with van der Waals surface area (Å²) in [6.45, 7) is 1.91. The van der Waals surface area contributed by atoms with Crippen LogP contribution in [0.25, 0.3) is 0 Å². The summed E-state index contributed by atoms with van der Waals surface area (Å²) in [6, 6.07) is 13.1. The van der Waals surface area contributed by atoms with Gasteiger partial charge in [0, 0.05) is 31.1 Å². The molecule has 0 spiro atoms. The van der Waals surface area contributed by atoms with E-state index < -0.39 is 12.2 Å². The van der Waals surface area contributed by atoms with Crippen molar-refractivity contribution in [3.8, 4) is 5.75 Å². The second kappa shape index (κ2) is 7.27. The Labute approximate surface area is 157 Å². The maximum absolute atomic E-state index is 12.9. The first kappa shape index (κ1) is 17.3. The highest BCUT2D eigenvalue weighted by atomic mass is 35.5. The van der Waals surface area contributed by atoms with Crippen LogP contribution in [0, 0.1) is 0 Å². The molecular formula is C20H20ClNO4. The Morgan fingerprint density at radius 3 is 2.81 bits per heavy atom. The van der Waals surface area contributed by atoms with Gasteiger partial charge in [0.05, 0.1) is 18.3 Å². The van der Waals surface area contributed by atoms with Crippen molar-refractivity contribution in [2.45, 2.75) is 31.7 Å². The van der Waals surface area contributed by atoms with Crippen molar-refractivity contribution in [1.82, 2.24) is 4.90 Å². The Morgan fingerprint density at radius 1 is 1.23 bits per heavy atom. The van der Waals surface area contributed by atoms with Crippen molar-refractivity contribution < 1.29 is 19.4 Å². The van der Waals surface area contributed by atoms with E-state index in [1.165, 1.54) is 0 Å². The molecule has 0 bridgehead atoms. The zero-order chi connectivity index (χ0) is 18.1. The van der Waals surface area contributed by atoms with E-state index in [-0.39, 0.29) is 5.91 Å². The number of aliphatic hydroxyl groups is 1. The molecule has 136 valence electrons. The molecule has 2 aromatic rings. The summed E-state index contributed by atoms with van der Waals surface area (Å²) in [5.74, 6) is 0.456. The number of amides is 1. The molecule has 4 rings (SSSR count). The standard InChI is InChI=1S/C20H20ClNO4/c21-15-6-4-13(5-7-15)10-22-11-14-2-1-3-17(19(14)20(22)24)26-18-12-25-9-8-16(18)23/h1-7,16,18,23H,8-12H2/t16-,18-/m1/s1. The molecule has 1 amide bonds. The Kier molecular flexibility index (Phi) is 4.85. The molecule has 2 aliphatic rings. The van der Waals surface area contributed by atoms with Crippen LogP contribution in [-0.2, 0) is 17.8 Å². The minimum Gasteiger partial charge on any atom is -0.484 e. The lowest BCUT2D eigenvalue weighted by atomic mass is 10.1. The number of nitrogens with zero attached hydrogens (tertiary/aromatic N) is 1. The molecule has 2 heterocycles. The number of fused-ring (bicyclic) bond motifs is 1. The van der Waals surface area contributed by atoms with Gasteiger partial charge >= 0.3 is 0 Å². The highest BCUT2D eigenvalue weighted by Gasteiger charge is 2.33. The van der Waals surface area contributed by atoms with Crippen molar-refractivity contribution in [2.75, 3.05) is 13.2 Å². The molecule has 1 N–H and O–H groups in total. The third-order valence-corrected chi connectivity index (χ3v) is 5.06. The van der Waals surface area contributed by atoms with Crippen LogP contribution in [0.5, 0.6) is 5.75 Å². The summed E-state index contributed by atoms with van der Waals surface area (Å²) >= 11 is 5.93. The first-order valence-electron chi connectivity index (χ1n) is 8.70. The van der Waals surface area contributed by atoms with Crippen LogP contribution in [0.3, 0.4) is 0 Å². The third kappa shape index (κ3) is 3.43. The molecule has 0 unspecified atom stereocenters. The highest BCUT2D eigenvalue weighted by Crippen LogP contribution is 2.33. The van der Waals surface area contributed by atoms with Gasteiger partial charge in [-0.05, 0) is 29.3 Å². The molecular weight excluding hydrogens is 354 g/mol. The highest BCUT2D eigenvalue weighted by molar-refractivity contribution is 6.30. The maximum atomic E-state index is 12.9. The minimum absolute atomic E-state index is 0.0585. The summed E-state index contributed by atoms with van der Waals surface area (Å²) in [6.07, 6.45) is -0.495. The van der Waals surface area contributed by atoms with Crippen LogP contribution in [0.15, 0.2) is 42.5 Å². The number of ether oxygens (including phenoxy) is 2. The van der Waals surface area contributed by atoms with E-state index >= 15 is 0 Å².